The van der Waals surface area contributed by atoms with Crippen LogP contribution in [0.2, 0.25) is 0 Å². The van der Waals surface area contributed by atoms with Crippen LogP contribution in [-0.4, -0.2) is 39.7 Å². The molecule has 8 nitrogen and oxygen atoms in total. The molecule has 1 fully saturated rings. The highest BCUT2D eigenvalue weighted by molar-refractivity contribution is 7.99. The molecule has 2 aromatic heterocycles. The number of thioether (sulfide) groups is 1. The first-order valence-electron chi connectivity index (χ1n) is 9.75. The summed E-state index contributed by atoms with van der Waals surface area (Å²) >= 11 is 1.23. The van der Waals surface area contributed by atoms with E-state index in [4.69, 9.17) is 13.6 Å². The van der Waals surface area contributed by atoms with E-state index in [-0.39, 0.29) is 17.7 Å². The SMILES string of the molecule is COc1ccc(C2=NN(C(=O)CSc3nnc(C4CC4)o3)[C@@H](c3ccco3)C2)cc1. The molecule has 0 N–H and O–H groups in total. The summed E-state index contributed by atoms with van der Waals surface area (Å²) in [6, 6.07) is 11.0. The Morgan fingerprint density at radius 2 is 2.07 bits per heavy atom. The second-order valence-corrected chi connectivity index (χ2v) is 8.14. The van der Waals surface area contributed by atoms with Crippen LogP contribution in [0.25, 0.3) is 0 Å². The third kappa shape index (κ3) is 3.85. The van der Waals surface area contributed by atoms with Crippen molar-refractivity contribution in [3.63, 3.8) is 0 Å². The summed E-state index contributed by atoms with van der Waals surface area (Å²) in [7, 11) is 1.63. The Morgan fingerprint density at radius 3 is 2.77 bits per heavy atom. The van der Waals surface area contributed by atoms with Crippen molar-refractivity contribution in [3.05, 3.63) is 59.9 Å². The minimum atomic E-state index is -0.282. The van der Waals surface area contributed by atoms with E-state index in [1.807, 2.05) is 36.4 Å². The van der Waals surface area contributed by atoms with Crippen LogP contribution in [0.15, 0.2) is 61.8 Å². The smallest absolute Gasteiger partial charge is 0.277 e. The van der Waals surface area contributed by atoms with Crippen molar-refractivity contribution < 1.29 is 18.4 Å². The average Bonchev–Trinajstić information content (AvgIpc) is 3.18. The molecule has 0 radical (unpaired) electrons. The number of hydrogen-bond donors (Lipinski definition) is 0. The van der Waals surface area contributed by atoms with Crippen molar-refractivity contribution in [2.24, 2.45) is 5.10 Å². The zero-order valence-electron chi connectivity index (χ0n) is 16.4. The van der Waals surface area contributed by atoms with Crippen LogP contribution in [0.5, 0.6) is 5.75 Å². The fraction of sp³-hybridized carbons (Fsp3) is 0.333. The fourth-order valence-corrected chi connectivity index (χ4v) is 3.99. The highest BCUT2D eigenvalue weighted by Gasteiger charge is 2.35. The van der Waals surface area contributed by atoms with Gasteiger partial charge in [-0.25, -0.2) is 5.01 Å². The quantitative estimate of drug-likeness (QED) is 0.529. The molecule has 154 valence electrons. The van der Waals surface area contributed by atoms with E-state index >= 15 is 0 Å². The van der Waals surface area contributed by atoms with Gasteiger partial charge in [-0.1, -0.05) is 11.8 Å². The zero-order valence-corrected chi connectivity index (χ0v) is 17.2. The van der Waals surface area contributed by atoms with E-state index in [0.29, 0.717) is 29.2 Å². The molecule has 2 aliphatic rings. The van der Waals surface area contributed by atoms with Crippen LogP contribution < -0.4 is 4.74 Å². The maximum Gasteiger partial charge on any atom is 0.277 e. The predicted octanol–water partition coefficient (Wildman–Crippen LogP) is 4.02. The lowest BCUT2D eigenvalue weighted by Gasteiger charge is -2.19. The molecule has 3 aromatic rings. The average molecular weight is 424 g/mol. The molecule has 1 saturated carbocycles. The Labute approximate surface area is 177 Å². The van der Waals surface area contributed by atoms with Gasteiger partial charge in [0.1, 0.15) is 17.6 Å². The van der Waals surface area contributed by atoms with Gasteiger partial charge in [-0.3, -0.25) is 4.79 Å². The van der Waals surface area contributed by atoms with Gasteiger partial charge in [0.15, 0.2) is 0 Å². The van der Waals surface area contributed by atoms with Gasteiger partial charge in [-0.2, -0.15) is 5.10 Å². The number of furan rings is 1. The topological polar surface area (TPSA) is 94.0 Å². The third-order valence-electron chi connectivity index (χ3n) is 5.13. The second-order valence-electron chi connectivity index (χ2n) is 7.22. The number of methoxy groups -OCH3 is 1. The lowest BCUT2D eigenvalue weighted by Crippen LogP contribution is -2.28. The van der Waals surface area contributed by atoms with Gasteiger partial charge >= 0.3 is 0 Å². The van der Waals surface area contributed by atoms with Crippen molar-refractivity contribution in [2.75, 3.05) is 12.9 Å². The number of hydrogen-bond acceptors (Lipinski definition) is 8. The van der Waals surface area contributed by atoms with E-state index in [0.717, 1.165) is 29.9 Å². The monoisotopic (exact) mass is 424 g/mol. The Hall–Kier alpha value is -3.07. The summed E-state index contributed by atoms with van der Waals surface area (Å²) in [5, 5.41) is 14.6. The zero-order chi connectivity index (χ0) is 20.5. The van der Waals surface area contributed by atoms with E-state index in [1.165, 1.54) is 16.8 Å². The second kappa shape index (κ2) is 7.98. The number of carbonyl (C=O) groups is 1. The van der Waals surface area contributed by atoms with Gasteiger partial charge in [-0.05, 0) is 54.8 Å². The van der Waals surface area contributed by atoms with Gasteiger partial charge in [0.2, 0.25) is 5.89 Å². The standard InChI is InChI=1S/C21H20N4O4S/c1-27-15-8-6-13(7-9-15)16-11-17(18-3-2-10-28-18)25(24-16)19(26)12-30-21-23-22-20(29-21)14-4-5-14/h2-3,6-10,14,17H,4-5,11-12H2,1H3/t17-/m1/s1. The first-order valence-corrected chi connectivity index (χ1v) is 10.7. The normalized spacial score (nSPS) is 18.5. The molecule has 0 unspecified atom stereocenters. The number of carbonyl (C=O) groups excluding carboxylic acids is 1. The summed E-state index contributed by atoms with van der Waals surface area (Å²) in [6.07, 6.45) is 4.36. The van der Waals surface area contributed by atoms with Crippen molar-refractivity contribution >= 4 is 23.4 Å². The van der Waals surface area contributed by atoms with Gasteiger partial charge < -0.3 is 13.6 Å². The molecular weight excluding hydrogens is 404 g/mol. The van der Waals surface area contributed by atoms with Gasteiger partial charge in [0.25, 0.3) is 11.1 Å². The highest BCUT2D eigenvalue weighted by Crippen LogP contribution is 2.40. The molecule has 0 bridgehead atoms. The molecule has 5 rings (SSSR count). The predicted molar refractivity (Wildman–Crippen MR) is 109 cm³/mol. The number of ether oxygens (including phenoxy) is 1. The molecule has 30 heavy (non-hydrogen) atoms. The molecule has 0 spiro atoms. The summed E-state index contributed by atoms with van der Waals surface area (Å²) in [5.41, 5.74) is 1.77. The number of aromatic nitrogens is 2. The van der Waals surface area contributed by atoms with Crippen LogP contribution >= 0.6 is 11.8 Å². The minimum Gasteiger partial charge on any atom is -0.497 e. The Kier molecular flexibility index (Phi) is 5.04. The molecule has 1 amide bonds. The largest absolute Gasteiger partial charge is 0.497 e. The Morgan fingerprint density at radius 1 is 1.23 bits per heavy atom. The third-order valence-corrected chi connectivity index (χ3v) is 5.93. The number of benzene rings is 1. The molecular formula is C21H20N4O4S. The van der Waals surface area contributed by atoms with E-state index in [1.54, 1.807) is 13.4 Å². The summed E-state index contributed by atoms with van der Waals surface area (Å²) in [4.78, 5) is 13.0. The van der Waals surface area contributed by atoms with Crippen molar-refractivity contribution in [1.82, 2.24) is 15.2 Å². The van der Waals surface area contributed by atoms with Crippen LogP contribution in [-0.2, 0) is 4.79 Å². The van der Waals surface area contributed by atoms with E-state index in [9.17, 15) is 4.79 Å². The molecule has 3 heterocycles. The summed E-state index contributed by atoms with van der Waals surface area (Å²) in [6.45, 7) is 0. The summed E-state index contributed by atoms with van der Waals surface area (Å²) in [5.74, 6) is 2.54. The van der Waals surface area contributed by atoms with Crippen molar-refractivity contribution in [2.45, 2.75) is 36.4 Å². The number of nitrogens with zero attached hydrogens (tertiary/aromatic N) is 4. The minimum absolute atomic E-state index is 0.143. The molecule has 1 aliphatic heterocycles. The van der Waals surface area contributed by atoms with Gasteiger partial charge in [-0.15, -0.1) is 10.2 Å². The van der Waals surface area contributed by atoms with E-state index < -0.39 is 0 Å². The highest BCUT2D eigenvalue weighted by atomic mass is 32.2. The molecule has 0 saturated heterocycles. The van der Waals surface area contributed by atoms with Crippen LogP contribution in [0.3, 0.4) is 0 Å². The lowest BCUT2D eigenvalue weighted by atomic mass is 10.0. The Bertz CT molecular complexity index is 1060. The molecule has 1 aliphatic carbocycles. The number of amides is 1. The van der Waals surface area contributed by atoms with Crippen molar-refractivity contribution in [1.29, 1.82) is 0 Å². The summed E-state index contributed by atoms with van der Waals surface area (Å²) < 4.78 is 16.4. The van der Waals surface area contributed by atoms with Crippen LogP contribution in [0.4, 0.5) is 0 Å². The van der Waals surface area contributed by atoms with Gasteiger partial charge in [0, 0.05) is 12.3 Å². The van der Waals surface area contributed by atoms with Crippen LogP contribution in [0, 0.1) is 0 Å². The molecule has 9 heteroatoms. The molecule has 1 atom stereocenters. The first-order chi connectivity index (χ1) is 14.7. The lowest BCUT2D eigenvalue weighted by molar-refractivity contribution is -0.130. The van der Waals surface area contributed by atoms with Crippen LogP contribution in [0.1, 0.15) is 48.4 Å². The fourth-order valence-electron chi connectivity index (χ4n) is 3.36. The first kappa shape index (κ1) is 18.9. The van der Waals surface area contributed by atoms with E-state index in [2.05, 4.69) is 15.3 Å². The number of rotatable bonds is 7. The maximum absolute atomic E-state index is 13.0. The number of hydrazone groups is 1. The van der Waals surface area contributed by atoms with Gasteiger partial charge in [0.05, 0.1) is 24.8 Å². The maximum atomic E-state index is 13.0. The Balaban J connectivity index is 1.33. The van der Waals surface area contributed by atoms with Crippen molar-refractivity contribution in [3.8, 4) is 5.75 Å². The molecule has 1 aromatic carbocycles.